The molecule has 0 aliphatic rings. The van der Waals surface area contributed by atoms with Crippen molar-refractivity contribution in [2.45, 2.75) is 6.92 Å². The van der Waals surface area contributed by atoms with Crippen molar-refractivity contribution in [2.75, 3.05) is 12.4 Å². The number of ether oxygens (including phenoxy) is 1. The fraction of sp³-hybridized carbons (Fsp3) is 0.154. The summed E-state index contributed by atoms with van der Waals surface area (Å²) < 4.78 is 4.59. The third-order valence-electron chi connectivity index (χ3n) is 2.32. The largest absolute Gasteiger partial charge is 0.464 e. The second-order valence-corrected chi connectivity index (χ2v) is 3.78. The lowest BCUT2D eigenvalue weighted by atomic mass is 10.2. The SMILES string of the molecule is COC(=O)c1cncc(Nc2cccc(C)c2)n1. The van der Waals surface area contributed by atoms with E-state index >= 15 is 0 Å². The number of methoxy groups -OCH3 is 1. The number of carbonyl (C=O) groups is 1. The van der Waals surface area contributed by atoms with Crippen molar-refractivity contribution in [3.63, 3.8) is 0 Å². The predicted octanol–water partition coefficient (Wildman–Crippen LogP) is 2.32. The molecule has 5 nitrogen and oxygen atoms in total. The smallest absolute Gasteiger partial charge is 0.358 e. The van der Waals surface area contributed by atoms with Crippen LogP contribution in [0.2, 0.25) is 0 Å². The van der Waals surface area contributed by atoms with Gasteiger partial charge in [0.2, 0.25) is 0 Å². The maximum atomic E-state index is 11.3. The highest BCUT2D eigenvalue weighted by Crippen LogP contribution is 2.15. The number of nitrogens with zero attached hydrogens (tertiary/aromatic N) is 2. The zero-order valence-corrected chi connectivity index (χ0v) is 10.2. The first-order valence-electron chi connectivity index (χ1n) is 5.43. The fourth-order valence-electron chi connectivity index (χ4n) is 1.50. The summed E-state index contributed by atoms with van der Waals surface area (Å²) in [6.07, 6.45) is 2.92. The number of nitrogens with one attached hydrogen (secondary N) is 1. The third kappa shape index (κ3) is 2.82. The Balaban J connectivity index is 2.22. The van der Waals surface area contributed by atoms with E-state index in [9.17, 15) is 4.79 Å². The molecule has 5 heteroatoms. The van der Waals surface area contributed by atoms with Crippen LogP contribution in [0.5, 0.6) is 0 Å². The lowest BCUT2D eigenvalue weighted by molar-refractivity contribution is 0.0593. The summed E-state index contributed by atoms with van der Waals surface area (Å²) in [5, 5.41) is 3.08. The van der Waals surface area contributed by atoms with Crippen molar-refractivity contribution in [1.29, 1.82) is 0 Å². The second kappa shape index (κ2) is 5.27. The quantitative estimate of drug-likeness (QED) is 0.838. The Labute approximate surface area is 105 Å². The standard InChI is InChI=1S/C13H13N3O2/c1-9-4-3-5-10(6-9)15-12-8-14-7-11(16-12)13(17)18-2/h3-8H,1-2H3,(H,15,16). The van der Waals surface area contributed by atoms with Crippen LogP contribution >= 0.6 is 0 Å². The molecular formula is C13H13N3O2. The molecule has 0 radical (unpaired) electrons. The number of aryl methyl sites for hydroxylation is 1. The Kier molecular flexibility index (Phi) is 3.52. The first kappa shape index (κ1) is 12.0. The summed E-state index contributed by atoms with van der Waals surface area (Å²) in [5.41, 5.74) is 2.21. The van der Waals surface area contributed by atoms with Gasteiger partial charge < -0.3 is 10.1 Å². The van der Waals surface area contributed by atoms with Crippen LogP contribution in [0.1, 0.15) is 16.1 Å². The number of benzene rings is 1. The molecule has 0 atom stereocenters. The van der Waals surface area contributed by atoms with Gasteiger partial charge in [-0.3, -0.25) is 4.98 Å². The summed E-state index contributed by atoms with van der Waals surface area (Å²) in [5.74, 6) is -0.00103. The first-order valence-corrected chi connectivity index (χ1v) is 5.43. The number of aromatic nitrogens is 2. The van der Waals surface area contributed by atoms with Gasteiger partial charge in [0.1, 0.15) is 5.82 Å². The van der Waals surface area contributed by atoms with Crippen LogP contribution < -0.4 is 5.32 Å². The molecule has 92 valence electrons. The number of carbonyl (C=O) groups excluding carboxylic acids is 1. The van der Waals surface area contributed by atoms with E-state index in [1.165, 1.54) is 13.3 Å². The predicted molar refractivity (Wildman–Crippen MR) is 67.8 cm³/mol. The Morgan fingerprint density at radius 2 is 2.17 bits per heavy atom. The number of rotatable bonds is 3. The molecule has 0 amide bonds. The van der Waals surface area contributed by atoms with Gasteiger partial charge in [-0.05, 0) is 24.6 Å². The maximum Gasteiger partial charge on any atom is 0.358 e. The summed E-state index contributed by atoms with van der Waals surface area (Å²) in [7, 11) is 1.31. The number of anilines is 2. The summed E-state index contributed by atoms with van der Waals surface area (Å²) in [6, 6.07) is 7.84. The average molecular weight is 243 g/mol. The minimum atomic E-state index is -0.504. The molecule has 0 bridgehead atoms. The minimum Gasteiger partial charge on any atom is -0.464 e. The van der Waals surface area contributed by atoms with E-state index in [2.05, 4.69) is 20.0 Å². The van der Waals surface area contributed by atoms with Crippen molar-refractivity contribution < 1.29 is 9.53 Å². The van der Waals surface area contributed by atoms with E-state index in [4.69, 9.17) is 0 Å². The van der Waals surface area contributed by atoms with Gasteiger partial charge in [-0.2, -0.15) is 0 Å². The highest BCUT2D eigenvalue weighted by atomic mass is 16.5. The molecule has 0 aliphatic carbocycles. The van der Waals surface area contributed by atoms with Crippen LogP contribution in [0.3, 0.4) is 0 Å². The number of hydrogen-bond donors (Lipinski definition) is 1. The van der Waals surface area contributed by atoms with Gasteiger partial charge in [0.15, 0.2) is 5.69 Å². The van der Waals surface area contributed by atoms with Crippen molar-refractivity contribution >= 4 is 17.5 Å². The average Bonchev–Trinajstić information content (AvgIpc) is 2.38. The first-order chi connectivity index (χ1) is 8.69. The van der Waals surface area contributed by atoms with Crippen LogP contribution in [0.15, 0.2) is 36.7 Å². The van der Waals surface area contributed by atoms with Gasteiger partial charge in [-0.1, -0.05) is 12.1 Å². The zero-order valence-electron chi connectivity index (χ0n) is 10.2. The molecule has 0 unspecified atom stereocenters. The van der Waals surface area contributed by atoms with E-state index in [1.54, 1.807) is 6.20 Å². The van der Waals surface area contributed by atoms with Gasteiger partial charge in [-0.15, -0.1) is 0 Å². The Morgan fingerprint density at radius 3 is 2.89 bits per heavy atom. The van der Waals surface area contributed by atoms with Crippen LogP contribution in [0, 0.1) is 6.92 Å². The van der Waals surface area contributed by atoms with E-state index in [-0.39, 0.29) is 5.69 Å². The number of esters is 1. The molecule has 2 rings (SSSR count). The summed E-state index contributed by atoms with van der Waals surface area (Å²) in [6.45, 7) is 2.00. The Morgan fingerprint density at radius 1 is 1.33 bits per heavy atom. The molecule has 1 heterocycles. The monoisotopic (exact) mass is 243 g/mol. The summed E-state index contributed by atoms with van der Waals surface area (Å²) >= 11 is 0. The van der Waals surface area contributed by atoms with E-state index in [0.717, 1.165) is 11.3 Å². The van der Waals surface area contributed by atoms with E-state index in [0.29, 0.717) is 5.82 Å². The number of hydrogen-bond acceptors (Lipinski definition) is 5. The van der Waals surface area contributed by atoms with E-state index < -0.39 is 5.97 Å². The minimum absolute atomic E-state index is 0.176. The lowest BCUT2D eigenvalue weighted by Gasteiger charge is -2.06. The molecule has 0 saturated heterocycles. The van der Waals surface area contributed by atoms with Crippen molar-refractivity contribution in [1.82, 2.24) is 9.97 Å². The van der Waals surface area contributed by atoms with Crippen LogP contribution in [-0.2, 0) is 4.74 Å². The van der Waals surface area contributed by atoms with Gasteiger partial charge >= 0.3 is 5.97 Å². The summed E-state index contributed by atoms with van der Waals surface area (Å²) in [4.78, 5) is 19.4. The van der Waals surface area contributed by atoms with Crippen molar-refractivity contribution in [3.05, 3.63) is 47.9 Å². The van der Waals surface area contributed by atoms with Crippen LogP contribution in [0.4, 0.5) is 11.5 Å². The molecule has 1 aromatic carbocycles. The van der Waals surface area contributed by atoms with Gasteiger partial charge in [0.05, 0.1) is 19.5 Å². The van der Waals surface area contributed by atoms with Crippen LogP contribution in [-0.4, -0.2) is 23.0 Å². The lowest BCUT2D eigenvalue weighted by Crippen LogP contribution is -2.06. The fourth-order valence-corrected chi connectivity index (χ4v) is 1.50. The Hall–Kier alpha value is -2.43. The van der Waals surface area contributed by atoms with Gasteiger partial charge in [0.25, 0.3) is 0 Å². The van der Waals surface area contributed by atoms with Crippen molar-refractivity contribution in [2.24, 2.45) is 0 Å². The molecule has 1 N–H and O–H groups in total. The normalized spacial score (nSPS) is 9.89. The molecule has 1 aromatic heterocycles. The molecule has 18 heavy (non-hydrogen) atoms. The Bertz CT molecular complexity index is 570. The highest BCUT2D eigenvalue weighted by Gasteiger charge is 2.08. The van der Waals surface area contributed by atoms with Gasteiger partial charge in [0, 0.05) is 5.69 Å². The molecule has 0 saturated carbocycles. The van der Waals surface area contributed by atoms with Crippen molar-refractivity contribution in [3.8, 4) is 0 Å². The second-order valence-electron chi connectivity index (χ2n) is 3.78. The zero-order chi connectivity index (χ0) is 13.0. The molecule has 0 spiro atoms. The van der Waals surface area contributed by atoms with Crippen LogP contribution in [0.25, 0.3) is 0 Å². The van der Waals surface area contributed by atoms with E-state index in [1.807, 2.05) is 31.2 Å². The maximum absolute atomic E-state index is 11.3. The topological polar surface area (TPSA) is 64.1 Å². The third-order valence-corrected chi connectivity index (χ3v) is 2.32. The molecule has 2 aromatic rings. The molecular weight excluding hydrogens is 230 g/mol. The van der Waals surface area contributed by atoms with Gasteiger partial charge in [-0.25, -0.2) is 9.78 Å². The molecule has 0 fully saturated rings. The highest BCUT2D eigenvalue weighted by molar-refractivity contribution is 5.87. The molecule has 0 aliphatic heterocycles.